The van der Waals surface area contributed by atoms with E-state index < -0.39 is 6.04 Å². The number of nitrogens with zero attached hydrogens (tertiary/aromatic N) is 4. The lowest BCUT2D eigenvalue weighted by molar-refractivity contribution is -0.116. The third kappa shape index (κ3) is 4.52. The molecule has 0 spiro atoms. The summed E-state index contributed by atoms with van der Waals surface area (Å²) in [5.41, 5.74) is 3.66. The van der Waals surface area contributed by atoms with E-state index in [2.05, 4.69) is 15.5 Å². The fourth-order valence-corrected chi connectivity index (χ4v) is 4.22. The molecule has 7 nitrogen and oxygen atoms in total. The van der Waals surface area contributed by atoms with Crippen molar-refractivity contribution in [3.8, 4) is 11.4 Å². The monoisotopic (exact) mass is 489 g/mol. The summed E-state index contributed by atoms with van der Waals surface area (Å²) in [6, 6.07) is 18.1. The quantitative estimate of drug-likeness (QED) is 0.412. The van der Waals surface area contributed by atoms with Gasteiger partial charge >= 0.3 is 0 Å². The predicted molar refractivity (Wildman–Crippen MR) is 132 cm³/mol. The normalized spacial score (nSPS) is 14.4. The Bertz CT molecular complexity index is 1430. The van der Waals surface area contributed by atoms with Crippen molar-refractivity contribution in [1.82, 2.24) is 14.8 Å². The van der Waals surface area contributed by atoms with E-state index in [4.69, 9.17) is 21.3 Å². The Balaban J connectivity index is 1.61. The fourth-order valence-electron chi connectivity index (χ4n) is 4.10. The van der Waals surface area contributed by atoms with Crippen molar-refractivity contribution in [3.05, 3.63) is 100 Å². The molecule has 0 bridgehead atoms. The SMILES string of the molecule is COc1ccc2c(c1)C(c1ccc(Cl)cc1)=N[C@@H](CC(=O)Nc1ccc(F)cc1)c1nnc(C)n1-2. The second-order valence-corrected chi connectivity index (χ2v) is 8.52. The van der Waals surface area contributed by atoms with Gasteiger partial charge in [0.2, 0.25) is 5.91 Å². The minimum Gasteiger partial charge on any atom is -0.497 e. The summed E-state index contributed by atoms with van der Waals surface area (Å²) in [4.78, 5) is 18.0. The maximum absolute atomic E-state index is 13.3. The van der Waals surface area contributed by atoms with E-state index in [0.29, 0.717) is 33.8 Å². The predicted octanol–water partition coefficient (Wildman–Crippen LogP) is 5.30. The molecule has 0 saturated carbocycles. The van der Waals surface area contributed by atoms with Gasteiger partial charge in [0.1, 0.15) is 23.4 Å². The van der Waals surface area contributed by atoms with Crippen LogP contribution in [0.5, 0.6) is 5.75 Å². The van der Waals surface area contributed by atoms with Crippen LogP contribution in [0.1, 0.15) is 35.2 Å². The van der Waals surface area contributed by atoms with E-state index >= 15 is 0 Å². The number of methoxy groups -OCH3 is 1. The number of benzene rings is 3. The lowest BCUT2D eigenvalue weighted by atomic mass is 10.00. The van der Waals surface area contributed by atoms with Crippen LogP contribution < -0.4 is 10.1 Å². The van der Waals surface area contributed by atoms with E-state index in [0.717, 1.165) is 16.8 Å². The van der Waals surface area contributed by atoms with Crippen LogP contribution in [0.25, 0.3) is 5.69 Å². The van der Waals surface area contributed by atoms with E-state index in [1.54, 1.807) is 19.2 Å². The molecule has 35 heavy (non-hydrogen) atoms. The molecule has 1 aromatic heterocycles. The van der Waals surface area contributed by atoms with Gasteiger partial charge in [-0.1, -0.05) is 23.7 Å². The zero-order valence-corrected chi connectivity index (χ0v) is 19.8. The molecule has 0 fully saturated rings. The molecule has 0 saturated heterocycles. The van der Waals surface area contributed by atoms with Crippen LogP contribution in [-0.2, 0) is 4.79 Å². The summed E-state index contributed by atoms with van der Waals surface area (Å²) >= 11 is 6.13. The number of aromatic nitrogens is 3. The van der Waals surface area contributed by atoms with Crippen molar-refractivity contribution in [3.63, 3.8) is 0 Å². The number of anilines is 1. The third-order valence-corrected chi connectivity index (χ3v) is 6.01. The van der Waals surface area contributed by atoms with Gasteiger partial charge in [0.05, 0.1) is 24.9 Å². The highest BCUT2D eigenvalue weighted by atomic mass is 35.5. The van der Waals surface area contributed by atoms with E-state index in [1.165, 1.54) is 24.3 Å². The third-order valence-electron chi connectivity index (χ3n) is 5.76. The lowest BCUT2D eigenvalue weighted by Gasteiger charge is -2.14. The summed E-state index contributed by atoms with van der Waals surface area (Å²) < 4.78 is 20.7. The van der Waals surface area contributed by atoms with Gasteiger partial charge in [-0.2, -0.15) is 0 Å². The number of aryl methyl sites for hydroxylation is 1. The summed E-state index contributed by atoms with van der Waals surface area (Å²) in [7, 11) is 1.61. The summed E-state index contributed by atoms with van der Waals surface area (Å²) in [5.74, 6) is 1.23. The molecule has 1 N–H and O–H groups in total. The molecule has 0 aliphatic carbocycles. The zero-order chi connectivity index (χ0) is 24.5. The number of carbonyl (C=O) groups excluding carboxylic acids is 1. The van der Waals surface area contributed by atoms with Gasteiger partial charge in [0, 0.05) is 21.8 Å². The van der Waals surface area contributed by atoms with Crippen LogP contribution in [0, 0.1) is 12.7 Å². The molecular formula is C26H21ClFN5O2. The number of hydrogen-bond donors (Lipinski definition) is 1. The summed E-state index contributed by atoms with van der Waals surface area (Å²) in [5, 5.41) is 12.1. The van der Waals surface area contributed by atoms with Crippen molar-refractivity contribution in [1.29, 1.82) is 0 Å². The second-order valence-electron chi connectivity index (χ2n) is 8.08. The summed E-state index contributed by atoms with van der Waals surface area (Å²) in [6.07, 6.45) is 0.0116. The number of halogens is 2. The number of ether oxygens (including phenoxy) is 1. The highest BCUT2D eigenvalue weighted by Gasteiger charge is 2.30. The van der Waals surface area contributed by atoms with Gasteiger partial charge in [-0.25, -0.2) is 4.39 Å². The first-order valence-electron chi connectivity index (χ1n) is 10.9. The molecule has 4 aromatic rings. The van der Waals surface area contributed by atoms with Gasteiger partial charge in [-0.3, -0.25) is 14.4 Å². The molecular weight excluding hydrogens is 469 g/mol. The molecule has 176 valence electrons. The zero-order valence-electron chi connectivity index (χ0n) is 19.0. The molecule has 5 rings (SSSR count). The van der Waals surface area contributed by atoms with Crippen molar-refractivity contribution in [2.24, 2.45) is 4.99 Å². The second kappa shape index (κ2) is 9.31. The number of hydrogen-bond acceptors (Lipinski definition) is 5. The van der Waals surface area contributed by atoms with Crippen LogP contribution in [0.2, 0.25) is 5.02 Å². The number of aliphatic imine (C=N–C) groups is 1. The van der Waals surface area contributed by atoms with E-state index in [-0.39, 0.29) is 18.1 Å². The molecule has 0 radical (unpaired) electrons. The average molecular weight is 490 g/mol. The van der Waals surface area contributed by atoms with Gasteiger partial charge < -0.3 is 10.1 Å². The Morgan fingerprint density at radius 2 is 1.83 bits per heavy atom. The molecule has 2 heterocycles. The Labute approximate surface area is 206 Å². The Morgan fingerprint density at radius 3 is 2.54 bits per heavy atom. The highest BCUT2D eigenvalue weighted by Crippen LogP contribution is 2.34. The van der Waals surface area contributed by atoms with Crippen molar-refractivity contribution in [2.45, 2.75) is 19.4 Å². The molecule has 1 aliphatic rings. The van der Waals surface area contributed by atoms with Crippen molar-refractivity contribution < 1.29 is 13.9 Å². The maximum Gasteiger partial charge on any atom is 0.227 e. The first-order chi connectivity index (χ1) is 16.9. The number of nitrogens with one attached hydrogen (secondary N) is 1. The number of amides is 1. The highest BCUT2D eigenvalue weighted by molar-refractivity contribution is 6.30. The number of rotatable bonds is 5. The number of carbonyl (C=O) groups is 1. The first-order valence-corrected chi connectivity index (χ1v) is 11.3. The molecule has 1 atom stereocenters. The van der Waals surface area contributed by atoms with Crippen molar-refractivity contribution >= 4 is 28.9 Å². The number of fused-ring (bicyclic) bond motifs is 3. The van der Waals surface area contributed by atoms with Crippen LogP contribution >= 0.6 is 11.6 Å². The molecule has 3 aromatic carbocycles. The van der Waals surface area contributed by atoms with Crippen LogP contribution in [0.3, 0.4) is 0 Å². The topological polar surface area (TPSA) is 81.4 Å². The van der Waals surface area contributed by atoms with Crippen LogP contribution in [0.15, 0.2) is 71.7 Å². The van der Waals surface area contributed by atoms with Gasteiger partial charge in [-0.05, 0) is 61.5 Å². The van der Waals surface area contributed by atoms with Crippen LogP contribution in [0.4, 0.5) is 10.1 Å². The minimum atomic E-state index is -0.624. The average Bonchev–Trinajstić information content (AvgIpc) is 3.18. The molecule has 1 amide bonds. The largest absolute Gasteiger partial charge is 0.497 e. The Kier molecular flexibility index (Phi) is 6.05. The standard InChI is InChI=1S/C26H21ClFN5O2/c1-15-31-32-26-22(14-24(34)29-19-9-7-18(28)8-10-19)30-25(16-3-5-17(27)6-4-16)21-13-20(35-2)11-12-23(21)33(15)26/h3-13,22H,14H2,1-2H3,(H,29,34)/t22-/m0/s1. The fraction of sp³-hybridized carbons (Fsp3) is 0.154. The van der Waals surface area contributed by atoms with Gasteiger partial charge in [-0.15, -0.1) is 10.2 Å². The molecule has 0 unspecified atom stereocenters. The first kappa shape index (κ1) is 22.7. The summed E-state index contributed by atoms with van der Waals surface area (Å²) in [6.45, 7) is 1.85. The Hall–Kier alpha value is -4.04. The van der Waals surface area contributed by atoms with Crippen molar-refractivity contribution in [2.75, 3.05) is 12.4 Å². The van der Waals surface area contributed by atoms with E-state index in [1.807, 2.05) is 41.8 Å². The van der Waals surface area contributed by atoms with E-state index in [9.17, 15) is 9.18 Å². The molecule has 1 aliphatic heterocycles. The van der Waals surface area contributed by atoms with Gasteiger partial charge in [0.15, 0.2) is 5.82 Å². The Morgan fingerprint density at radius 1 is 1.09 bits per heavy atom. The maximum atomic E-state index is 13.3. The smallest absolute Gasteiger partial charge is 0.227 e. The lowest BCUT2D eigenvalue weighted by Crippen LogP contribution is -2.17. The van der Waals surface area contributed by atoms with Crippen LogP contribution in [-0.4, -0.2) is 33.5 Å². The minimum absolute atomic E-state index is 0.0116. The molecule has 9 heteroatoms. The van der Waals surface area contributed by atoms with Gasteiger partial charge in [0.25, 0.3) is 0 Å².